The van der Waals surface area contributed by atoms with Gasteiger partial charge in [-0.2, -0.15) is 0 Å². The van der Waals surface area contributed by atoms with Gasteiger partial charge in [-0.1, -0.05) is 86.9 Å². The molecule has 0 bridgehead atoms. The number of methoxy groups -OCH3 is 1. The Kier molecular flexibility index (Phi) is 20.7. The highest BCUT2D eigenvalue weighted by Gasteiger charge is 2.41. The van der Waals surface area contributed by atoms with Crippen LogP contribution in [-0.2, 0) is 35.8 Å². The van der Waals surface area contributed by atoms with Gasteiger partial charge in [0.2, 0.25) is 5.91 Å². The number of unbranched alkanes of at least 4 members (excludes halogenated alkanes) is 1. The standard InChI is InChI=1S/C71H77B2F2N5O7Si/c1-45(2)64(81)23-14-15-35-79(43-60-62(74)21-16-24-66(60)86-72-83)42-59-52-20-13-12-19-51(52)58(41-80(36-18-34-76-71(82)46(3)4)44-61-63(75)22-17-25-67(61)87-73-84)53-30-26-47(37-56(53)59)48-27-33-65(85-9)57(38-48)70-54-31-28-49(77(5)6)39-68(54)88(10,11)69-40-50(78(7)8)29-32-55(69)70/h12-13,16-17,19-22,24-33,37-40,83-84H,1,3,14-15,18,23,34-36,41-44H2,2,4-11H3/p+1. The first-order valence-electron chi connectivity index (χ1n) is 29.8. The van der Waals surface area contributed by atoms with Crippen molar-refractivity contribution in [1.82, 2.24) is 15.1 Å². The number of ether oxygens (including phenoxy) is 1. The Labute approximate surface area is 519 Å². The second kappa shape index (κ2) is 28.3. The van der Waals surface area contributed by atoms with E-state index in [-0.39, 0.29) is 47.4 Å². The number of carbonyl (C=O) groups excluding carboxylic acids is 2. The summed E-state index contributed by atoms with van der Waals surface area (Å²) in [6.45, 7) is 18.0. The minimum absolute atomic E-state index is 0.00863. The zero-order chi connectivity index (χ0) is 63.0. The molecule has 0 saturated heterocycles. The number of hydrogen-bond donors (Lipinski definition) is 3. The third-order valence-corrected chi connectivity index (χ3v) is 20.5. The van der Waals surface area contributed by atoms with Gasteiger partial charge in [-0.05, 0) is 177 Å². The smallest absolute Gasteiger partial charge is 0.537 e. The molecule has 7 aromatic rings. The molecule has 12 nitrogen and oxygen atoms in total. The van der Waals surface area contributed by atoms with Gasteiger partial charge < -0.3 is 34.3 Å². The molecular formula is C71H78B2F2N5O7Si+. The molecule has 3 N–H and O–H groups in total. The lowest BCUT2D eigenvalue weighted by Gasteiger charge is -2.38. The average molecular weight is 1200 g/mol. The summed E-state index contributed by atoms with van der Waals surface area (Å²) in [4.78, 5) is 32.0. The van der Waals surface area contributed by atoms with E-state index in [2.05, 4.69) is 164 Å². The summed E-state index contributed by atoms with van der Waals surface area (Å²) >= 11 is 0. The van der Waals surface area contributed by atoms with Gasteiger partial charge in [0.1, 0.15) is 51.1 Å². The number of carbonyl (C=O) groups is 2. The quantitative estimate of drug-likeness (QED) is 0.0151. The zero-order valence-electron chi connectivity index (χ0n) is 52.0. The van der Waals surface area contributed by atoms with Gasteiger partial charge >= 0.3 is 15.4 Å². The van der Waals surface area contributed by atoms with E-state index in [1.165, 1.54) is 39.7 Å². The van der Waals surface area contributed by atoms with Crippen LogP contribution < -0.4 is 29.4 Å². The molecular weight excluding hydrogens is 1120 g/mol. The number of halogens is 2. The fourth-order valence-corrected chi connectivity index (χ4v) is 15.2. The molecule has 0 fully saturated rings. The number of benzene rings is 7. The van der Waals surface area contributed by atoms with Crippen LogP contribution in [0.5, 0.6) is 17.2 Å². The van der Waals surface area contributed by atoms with Crippen LogP contribution in [0.15, 0.2) is 169 Å². The molecule has 0 unspecified atom stereocenters. The van der Waals surface area contributed by atoms with Crippen molar-refractivity contribution < 1.29 is 47.0 Å². The molecule has 2 aliphatic rings. The van der Waals surface area contributed by atoms with Gasteiger partial charge in [-0.15, -0.1) is 0 Å². The Morgan fingerprint density at radius 1 is 0.648 bits per heavy atom. The molecule has 1 heterocycles. The fourth-order valence-electron chi connectivity index (χ4n) is 12.2. The molecule has 1 aliphatic heterocycles. The van der Waals surface area contributed by atoms with Crippen molar-refractivity contribution in [3.05, 3.63) is 214 Å². The topological polar surface area (TPSA) is 127 Å². The van der Waals surface area contributed by atoms with E-state index in [1.807, 2.05) is 12.1 Å². The summed E-state index contributed by atoms with van der Waals surface area (Å²) in [5, 5.41) is 29.0. The van der Waals surface area contributed by atoms with Crippen LogP contribution in [0.3, 0.4) is 0 Å². The molecule has 88 heavy (non-hydrogen) atoms. The summed E-state index contributed by atoms with van der Waals surface area (Å²) in [7, 11) is 8.83. The largest absolute Gasteiger partial charge is 0.569 e. The van der Waals surface area contributed by atoms with Crippen LogP contribution >= 0.6 is 0 Å². The van der Waals surface area contributed by atoms with Crippen molar-refractivity contribution in [2.24, 2.45) is 0 Å². The highest BCUT2D eigenvalue weighted by molar-refractivity contribution is 6.98. The van der Waals surface area contributed by atoms with Gasteiger partial charge in [0.15, 0.2) is 11.5 Å². The molecule has 9 rings (SSSR count). The number of nitrogens with zero attached hydrogens (tertiary/aromatic N) is 4. The van der Waals surface area contributed by atoms with Crippen molar-refractivity contribution in [1.29, 1.82) is 0 Å². The lowest BCUT2D eigenvalue weighted by Crippen LogP contribution is -2.49. The van der Waals surface area contributed by atoms with Crippen molar-refractivity contribution in [3.8, 4) is 28.4 Å². The summed E-state index contributed by atoms with van der Waals surface area (Å²) in [5.74, 6) is -0.179. The molecule has 1 amide bonds. The third kappa shape index (κ3) is 14.0. The highest BCUT2D eigenvalue weighted by Crippen LogP contribution is 2.46. The maximum atomic E-state index is 16.2. The van der Waals surface area contributed by atoms with Crippen LogP contribution in [0, 0.1) is 11.6 Å². The molecule has 0 spiro atoms. The summed E-state index contributed by atoms with van der Waals surface area (Å²) in [6.07, 6.45) is 8.86. The molecule has 0 aromatic heterocycles. The molecule has 7 aromatic carbocycles. The normalized spacial score (nSPS) is 13.3. The molecule has 17 heteroatoms. The van der Waals surface area contributed by atoms with E-state index in [0.717, 1.165) is 72.1 Å². The second-order valence-electron chi connectivity index (χ2n) is 23.8. The second-order valence-corrected chi connectivity index (χ2v) is 28.1. The first kappa shape index (κ1) is 64.3. The molecule has 2 radical (unpaired) electrons. The van der Waals surface area contributed by atoms with Crippen LogP contribution in [-0.4, -0.2) is 120 Å². The van der Waals surface area contributed by atoms with E-state index in [1.54, 1.807) is 39.2 Å². The lowest BCUT2D eigenvalue weighted by atomic mass is 9.86. The maximum Gasteiger partial charge on any atom is 0.569 e. The number of amides is 1. The van der Waals surface area contributed by atoms with Crippen molar-refractivity contribution in [2.45, 2.75) is 78.8 Å². The Morgan fingerprint density at radius 3 is 1.81 bits per heavy atom. The van der Waals surface area contributed by atoms with Crippen molar-refractivity contribution in [3.63, 3.8) is 0 Å². The van der Waals surface area contributed by atoms with Gasteiger partial charge in [-0.3, -0.25) is 19.4 Å². The lowest BCUT2D eigenvalue weighted by molar-refractivity contribution is -0.462. The number of allylic oxidation sites excluding steroid dienone is 6. The highest BCUT2D eigenvalue weighted by atomic mass is 28.3. The van der Waals surface area contributed by atoms with Gasteiger partial charge in [0, 0.05) is 99.9 Å². The number of rotatable bonds is 27. The molecule has 452 valence electrons. The monoisotopic (exact) mass is 1200 g/mol. The predicted molar refractivity (Wildman–Crippen MR) is 356 cm³/mol. The first-order chi connectivity index (χ1) is 42.2. The Balaban J connectivity index is 1.26. The van der Waals surface area contributed by atoms with Crippen LogP contribution in [0.25, 0.3) is 38.2 Å². The number of Topliss-reactive ketones (excluding diaryl/α,β-unsaturated/α-hetero) is 1. The van der Waals surface area contributed by atoms with E-state index in [4.69, 9.17) is 14.0 Å². The van der Waals surface area contributed by atoms with Crippen LogP contribution in [0.4, 0.5) is 14.5 Å². The maximum absolute atomic E-state index is 16.2. The van der Waals surface area contributed by atoms with Crippen LogP contribution in [0.2, 0.25) is 13.1 Å². The summed E-state index contributed by atoms with van der Waals surface area (Å²) in [5.41, 5.74) is 11.9. The van der Waals surface area contributed by atoms with Crippen molar-refractivity contribution >= 4 is 78.8 Å². The third-order valence-electron chi connectivity index (χ3n) is 16.9. The zero-order valence-corrected chi connectivity index (χ0v) is 53.0. The first-order valence-corrected chi connectivity index (χ1v) is 32.8. The van der Waals surface area contributed by atoms with Gasteiger partial charge in [0.05, 0.1) is 7.11 Å². The summed E-state index contributed by atoms with van der Waals surface area (Å²) in [6, 6.07) is 37.0. The minimum atomic E-state index is -2.30. The Hall–Kier alpha value is -8.18. The van der Waals surface area contributed by atoms with Gasteiger partial charge in [0.25, 0.3) is 0 Å². The number of ketones is 1. The predicted octanol–water partition coefficient (Wildman–Crippen LogP) is 11.7. The Morgan fingerprint density at radius 2 is 1.23 bits per heavy atom. The molecule has 0 atom stereocenters. The average Bonchev–Trinajstić information content (AvgIpc) is 0.806. The summed E-state index contributed by atoms with van der Waals surface area (Å²) < 4.78 is 51.7. The van der Waals surface area contributed by atoms with E-state index >= 15 is 8.78 Å². The SMILES string of the molecule is C=C(C)C(=O)CCCCN(Cc1c(F)cccc1O[B]O)Cc1c2ccccc2c(CN(CCCNC(=O)C(=C)C)Cc2c(F)cccc2O[B]O)c2ccc(-c3ccc(OC)c(C4=C5C=CC(=[N+](C)C)C=C5[Si](C)(C)c5cc(N(C)C)ccc54)c3)cc12. The van der Waals surface area contributed by atoms with Crippen LogP contribution in [0.1, 0.15) is 72.9 Å². The number of hydrogen-bond acceptors (Lipinski definition) is 10. The minimum Gasteiger partial charge on any atom is -0.537 e. The van der Waals surface area contributed by atoms with Gasteiger partial charge in [-0.25, -0.2) is 13.4 Å². The number of nitrogens with one attached hydrogen (secondary N) is 1. The number of fused-ring (bicyclic) bond motifs is 4. The Bertz CT molecular complexity index is 3990. The molecule has 1 aliphatic carbocycles. The van der Waals surface area contributed by atoms with E-state index in [9.17, 15) is 19.6 Å². The van der Waals surface area contributed by atoms with E-state index in [0.29, 0.717) is 84.9 Å². The van der Waals surface area contributed by atoms with E-state index < -0.39 is 19.7 Å². The number of anilines is 1. The molecule has 0 saturated carbocycles. The van der Waals surface area contributed by atoms with Crippen molar-refractivity contribution in [2.75, 3.05) is 59.8 Å². The fraction of sp³-hybridized carbons (Fsp3) is 0.282.